The molecule has 18 heavy (non-hydrogen) atoms. The monoisotopic (exact) mass is 441 g/mol. The molecule has 0 rings (SSSR count). The molecule has 0 saturated heterocycles. The molecular weight excluding hydrogens is 441 g/mol. The van der Waals surface area contributed by atoms with Crippen LogP contribution in [0.4, 0.5) is 0 Å². The second kappa shape index (κ2) is 14.8. The third kappa shape index (κ3) is 2500. The topological polar surface area (TPSA) is 241 Å². The third-order valence-electron chi connectivity index (χ3n) is 0. The number of hydrogen-bond acceptors (Lipinski definition) is 12. The molecule has 105 valence electrons. The average molecular weight is 441 g/mol. The van der Waals surface area contributed by atoms with Crippen LogP contribution in [0, 0.1) is 0 Å². The van der Waals surface area contributed by atoms with Gasteiger partial charge in [0.05, 0.1) is 0 Å². The van der Waals surface area contributed by atoms with E-state index >= 15 is 0 Å². The molecule has 0 aromatic heterocycles. The Morgan fingerprint density at radius 2 is 0.389 bits per heavy atom. The minimum atomic E-state index is -5.17. The van der Waals surface area contributed by atoms with Gasteiger partial charge in [0.25, 0.3) is 0 Å². The number of hydrogen-bond donors (Lipinski definition) is 0. The SMILES string of the molecule is O=S(=O)([O-])[O-].O=S(=O)([O-])[O-].O=S(=O)([O-])[O-].[V+2].[V+2].[V+2]. The largest absolute Gasteiger partial charge is 2.00 e. The molecule has 0 aliphatic heterocycles. The summed E-state index contributed by atoms with van der Waals surface area (Å²) in [6.07, 6.45) is 0. The molecule has 18 heteroatoms. The van der Waals surface area contributed by atoms with Crippen molar-refractivity contribution in [3.8, 4) is 0 Å². The molecule has 0 atom stereocenters. The van der Waals surface area contributed by atoms with E-state index in [1.165, 1.54) is 0 Å². The Labute approximate surface area is 138 Å². The molecule has 0 heterocycles. The van der Waals surface area contributed by atoms with Crippen molar-refractivity contribution >= 4 is 31.2 Å². The summed E-state index contributed by atoms with van der Waals surface area (Å²) in [6.45, 7) is 0. The third-order valence-corrected chi connectivity index (χ3v) is 0. The molecule has 0 unspecified atom stereocenters. The van der Waals surface area contributed by atoms with Crippen LogP contribution in [0.5, 0.6) is 0 Å². The smallest absolute Gasteiger partial charge is 0.759 e. The van der Waals surface area contributed by atoms with E-state index in [2.05, 4.69) is 0 Å². The van der Waals surface area contributed by atoms with E-state index in [4.69, 9.17) is 52.6 Å². The Bertz CT molecular complexity index is 343. The first-order valence-electron chi connectivity index (χ1n) is 2.00. The fourth-order valence-corrected chi connectivity index (χ4v) is 0. The summed E-state index contributed by atoms with van der Waals surface area (Å²) in [5, 5.41) is 0. The minimum absolute atomic E-state index is 0. The molecule has 12 nitrogen and oxygen atoms in total. The van der Waals surface area contributed by atoms with Crippen LogP contribution < -0.4 is 0 Å². The second-order valence-electron chi connectivity index (χ2n) is 1.22. The van der Waals surface area contributed by atoms with Crippen molar-refractivity contribution in [1.29, 1.82) is 0 Å². The molecule has 0 amide bonds. The van der Waals surface area contributed by atoms with E-state index in [-0.39, 0.29) is 55.7 Å². The van der Waals surface area contributed by atoms with Gasteiger partial charge in [0.15, 0.2) is 0 Å². The van der Waals surface area contributed by atoms with Crippen molar-refractivity contribution in [3.05, 3.63) is 0 Å². The van der Waals surface area contributed by atoms with E-state index in [0.29, 0.717) is 0 Å². The molecule has 0 fully saturated rings. The van der Waals surface area contributed by atoms with E-state index in [0.717, 1.165) is 0 Å². The van der Waals surface area contributed by atoms with Gasteiger partial charge in [0.2, 0.25) is 0 Å². The van der Waals surface area contributed by atoms with Crippen LogP contribution in [0.3, 0.4) is 0 Å². The van der Waals surface area contributed by atoms with Crippen molar-refractivity contribution in [2.24, 2.45) is 0 Å². The maximum absolute atomic E-state index is 8.52. The molecule has 0 spiro atoms. The maximum Gasteiger partial charge on any atom is 2.00 e. The summed E-state index contributed by atoms with van der Waals surface area (Å²) in [5.74, 6) is 0. The van der Waals surface area contributed by atoms with Gasteiger partial charge in [0, 0.05) is 31.2 Å². The number of rotatable bonds is 0. The van der Waals surface area contributed by atoms with Gasteiger partial charge in [-0.05, 0) is 0 Å². The average Bonchev–Trinajstić information content (AvgIpc) is 1.41. The Balaban J connectivity index is -0.0000000277. The van der Waals surface area contributed by atoms with Crippen LogP contribution in [-0.4, -0.2) is 52.6 Å². The molecule has 0 aliphatic rings. The van der Waals surface area contributed by atoms with Gasteiger partial charge in [-0.2, -0.15) is 0 Å². The molecule has 0 aromatic rings. The quantitative estimate of drug-likeness (QED) is 0.258. The van der Waals surface area contributed by atoms with Crippen LogP contribution in [0.25, 0.3) is 0 Å². The van der Waals surface area contributed by atoms with E-state index in [1.54, 1.807) is 0 Å². The molecule has 3 radical (unpaired) electrons. The standard InChI is InChI=1S/3H2O4S.3V/c3*1-5(2,3)4;;;/h3*(H2,1,2,3,4);;;/q;;;3*+2/p-6. The first kappa shape index (κ1) is 36.6. The fourth-order valence-electron chi connectivity index (χ4n) is 0. The molecular formula is O12S3V3. The van der Waals surface area contributed by atoms with Crippen LogP contribution in [-0.2, 0) is 86.9 Å². The zero-order valence-corrected chi connectivity index (χ0v) is 14.1. The Morgan fingerprint density at radius 3 is 0.389 bits per heavy atom. The van der Waals surface area contributed by atoms with E-state index in [9.17, 15) is 0 Å². The first-order chi connectivity index (χ1) is 6.00. The van der Waals surface area contributed by atoms with Gasteiger partial charge in [0.1, 0.15) is 0 Å². The normalized spacial score (nSPS) is 9.67. The zero-order chi connectivity index (χ0) is 13.5. The van der Waals surface area contributed by atoms with Crippen molar-refractivity contribution in [2.45, 2.75) is 0 Å². The van der Waals surface area contributed by atoms with Crippen molar-refractivity contribution in [1.82, 2.24) is 0 Å². The van der Waals surface area contributed by atoms with Gasteiger partial charge in [-0.1, -0.05) is 0 Å². The van der Waals surface area contributed by atoms with Gasteiger partial charge in [-0.3, -0.25) is 25.3 Å². The van der Waals surface area contributed by atoms with Crippen molar-refractivity contribution < 1.29 is 108 Å². The summed E-state index contributed by atoms with van der Waals surface area (Å²) in [7, 11) is -15.5. The molecule has 0 aromatic carbocycles. The molecule has 0 saturated carbocycles. The van der Waals surface area contributed by atoms with Crippen LogP contribution in [0.15, 0.2) is 0 Å². The van der Waals surface area contributed by atoms with Crippen molar-refractivity contribution in [2.75, 3.05) is 0 Å². The summed E-state index contributed by atoms with van der Waals surface area (Å²) >= 11 is 0. The predicted molar refractivity (Wildman–Crippen MR) is 31.4 cm³/mol. The van der Waals surface area contributed by atoms with Gasteiger partial charge < -0.3 is 27.3 Å². The van der Waals surface area contributed by atoms with E-state index < -0.39 is 31.2 Å². The minimum Gasteiger partial charge on any atom is -0.759 e. The maximum atomic E-state index is 8.52. The zero-order valence-electron chi connectivity index (χ0n) is 7.47. The molecule has 0 N–H and O–H groups in total. The van der Waals surface area contributed by atoms with E-state index in [1.807, 2.05) is 0 Å². The summed E-state index contributed by atoms with van der Waals surface area (Å²) < 4.78 is 102. The predicted octanol–water partition coefficient (Wildman–Crippen LogP) is -4.02. The first-order valence-corrected chi connectivity index (χ1v) is 6.00. The summed E-state index contributed by atoms with van der Waals surface area (Å²) in [4.78, 5) is 0. The van der Waals surface area contributed by atoms with Crippen molar-refractivity contribution in [3.63, 3.8) is 0 Å². The van der Waals surface area contributed by atoms with Gasteiger partial charge in [-0.15, -0.1) is 0 Å². The Hall–Kier alpha value is 1.36. The van der Waals surface area contributed by atoms with Crippen LogP contribution in [0.1, 0.15) is 0 Å². The van der Waals surface area contributed by atoms with Crippen LogP contribution >= 0.6 is 0 Å². The fraction of sp³-hybridized carbons (Fsp3) is 0. The molecule has 0 bridgehead atoms. The van der Waals surface area contributed by atoms with Crippen LogP contribution in [0.2, 0.25) is 0 Å². The second-order valence-corrected chi connectivity index (χ2v) is 3.67. The molecule has 0 aliphatic carbocycles. The Kier molecular flexibility index (Phi) is 30.0. The summed E-state index contributed by atoms with van der Waals surface area (Å²) in [5.41, 5.74) is 0. The Morgan fingerprint density at radius 1 is 0.389 bits per heavy atom. The van der Waals surface area contributed by atoms with Gasteiger partial charge >= 0.3 is 55.7 Å². The summed E-state index contributed by atoms with van der Waals surface area (Å²) in [6, 6.07) is 0. The van der Waals surface area contributed by atoms with Gasteiger partial charge in [-0.25, -0.2) is 0 Å².